The fraction of sp³-hybridized carbons (Fsp3) is 0.455. The van der Waals surface area contributed by atoms with Gasteiger partial charge >= 0.3 is 6.18 Å². The van der Waals surface area contributed by atoms with Gasteiger partial charge in [0.15, 0.2) is 0 Å². The molecule has 1 atom stereocenters. The maximum absolute atomic E-state index is 12.6. The maximum Gasteiger partial charge on any atom is 0.433 e. The fourth-order valence-corrected chi connectivity index (χ4v) is 1.80. The van der Waals surface area contributed by atoms with Gasteiger partial charge in [0.1, 0.15) is 23.5 Å². The van der Waals surface area contributed by atoms with Crippen LogP contribution >= 0.6 is 0 Å². The summed E-state index contributed by atoms with van der Waals surface area (Å²) in [4.78, 5) is 5.23. The van der Waals surface area contributed by atoms with E-state index in [0.717, 1.165) is 6.07 Å². The molecule has 1 fully saturated rings. The standard InChI is InChI=1S/C11H13F3N4O/c12-11(13,14)8-2-1-3-9(17-8)18-4-5-19-7(6-18)10(15)16/h1-3,7H,4-6H2,(H3,15,16). The third kappa shape index (κ3) is 3.14. The molecule has 0 amide bonds. The van der Waals surface area contributed by atoms with E-state index >= 15 is 0 Å². The molecule has 0 radical (unpaired) electrons. The van der Waals surface area contributed by atoms with Crippen molar-refractivity contribution in [3.8, 4) is 0 Å². The van der Waals surface area contributed by atoms with Crippen LogP contribution in [0.1, 0.15) is 5.69 Å². The lowest BCUT2D eigenvalue weighted by atomic mass is 10.2. The zero-order chi connectivity index (χ0) is 14.0. The first-order valence-corrected chi connectivity index (χ1v) is 5.62. The minimum absolute atomic E-state index is 0.142. The molecule has 0 aromatic carbocycles. The smallest absolute Gasteiger partial charge is 0.385 e. The molecule has 1 aliphatic heterocycles. The van der Waals surface area contributed by atoms with Crippen LogP contribution in [0.5, 0.6) is 0 Å². The van der Waals surface area contributed by atoms with E-state index in [0.29, 0.717) is 13.2 Å². The number of ether oxygens (including phenoxy) is 1. The van der Waals surface area contributed by atoms with E-state index in [4.69, 9.17) is 15.9 Å². The molecule has 104 valence electrons. The molecule has 2 rings (SSSR count). The number of nitrogens with zero attached hydrogens (tertiary/aromatic N) is 2. The molecule has 8 heteroatoms. The Labute approximate surface area is 107 Å². The van der Waals surface area contributed by atoms with Gasteiger partial charge in [0.2, 0.25) is 0 Å². The van der Waals surface area contributed by atoms with Gasteiger partial charge in [-0.2, -0.15) is 13.2 Å². The highest BCUT2D eigenvalue weighted by Gasteiger charge is 2.33. The van der Waals surface area contributed by atoms with Gasteiger partial charge in [0.25, 0.3) is 0 Å². The van der Waals surface area contributed by atoms with Crippen molar-refractivity contribution in [3.63, 3.8) is 0 Å². The molecule has 0 spiro atoms. The first-order chi connectivity index (χ1) is 8.88. The summed E-state index contributed by atoms with van der Waals surface area (Å²) >= 11 is 0. The van der Waals surface area contributed by atoms with Crippen LogP contribution in [-0.4, -0.2) is 36.6 Å². The number of morpholine rings is 1. The molecule has 1 aromatic rings. The van der Waals surface area contributed by atoms with Crippen LogP contribution in [0.15, 0.2) is 18.2 Å². The molecule has 0 saturated carbocycles. The summed E-state index contributed by atoms with van der Waals surface area (Å²) in [6, 6.07) is 3.73. The Morgan fingerprint density at radius 3 is 2.84 bits per heavy atom. The molecule has 1 saturated heterocycles. The number of aromatic nitrogens is 1. The Hall–Kier alpha value is -1.83. The zero-order valence-corrected chi connectivity index (χ0v) is 9.94. The molecule has 19 heavy (non-hydrogen) atoms. The molecule has 0 aliphatic carbocycles. The second-order valence-corrected chi connectivity index (χ2v) is 4.14. The second kappa shape index (κ2) is 5.04. The van der Waals surface area contributed by atoms with Gasteiger partial charge < -0.3 is 15.4 Å². The van der Waals surface area contributed by atoms with Gasteiger partial charge in [-0.05, 0) is 12.1 Å². The Kier molecular flexibility index (Phi) is 3.61. The first-order valence-electron chi connectivity index (χ1n) is 5.62. The van der Waals surface area contributed by atoms with Crippen LogP contribution in [-0.2, 0) is 10.9 Å². The molecule has 3 N–H and O–H groups in total. The molecule has 2 heterocycles. The summed E-state index contributed by atoms with van der Waals surface area (Å²) in [5.74, 6) is 0.0704. The third-order valence-electron chi connectivity index (χ3n) is 2.76. The summed E-state index contributed by atoms with van der Waals surface area (Å²) in [5, 5.41) is 7.31. The van der Waals surface area contributed by atoms with Crippen molar-refractivity contribution < 1.29 is 17.9 Å². The molecule has 0 bridgehead atoms. The number of alkyl halides is 3. The van der Waals surface area contributed by atoms with E-state index in [1.54, 1.807) is 4.90 Å². The summed E-state index contributed by atoms with van der Waals surface area (Å²) in [5.41, 5.74) is 4.40. The highest BCUT2D eigenvalue weighted by atomic mass is 19.4. The average Bonchev–Trinajstić information content (AvgIpc) is 2.38. The number of pyridine rings is 1. The Morgan fingerprint density at radius 1 is 1.47 bits per heavy atom. The predicted molar refractivity (Wildman–Crippen MR) is 63.1 cm³/mol. The summed E-state index contributed by atoms with van der Waals surface area (Å²) in [7, 11) is 0. The van der Waals surface area contributed by atoms with E-state index in [-0.39, 0.29) is 18.2 Å². The minimum Gasteiger partial charge on any atom is -0.385 e. The Morgan fingerprint density at radius 2 is 2.21 bits per heavy atom. The van der Waals surface area contributed by atoms with Crippen molar-refractivity contribution in [2.45, 2.75) is 12.3 Å². The van der Waals surface area contributed by atoms with Crippen LogP contribution in [0, 0.1) is 5.41 Å². The van der Waals surface area contributed by atoms with Gasteiger partial charge in [-0.1, -0.05) is 6.07 Å². The molecular weight excluding hydrogens is 261 g/mol. The van der Waals surface area contributed by atoms with Crippen molar-refractivity contribution in [2.24, 2.45) is 5.73 Å². The Bertz CT molecular complexity index is 477. The van der Waals surface area contributed by atoms with Gasteiger partial charge in [-0.15, -0.1) is 0 Å². The van der Waals surface area contributed by atoms with Crippen LogP contribution in [0.4, 0.5) is 19.0 Å². The monoisotopic (exact) mass is 274 g/mol. The number of hydrogen-bond acceptors (Lipinski definition) is 4. The van der Waals surface area contributed by atoms with Gasteiger partial charge in [-0.25, -0.2) is 4.98 Å². The predicted octanol–water partition coefficient (Wildman–Crippen LogP) is 1.24. The average molecular weight is 274 g/mol. The number of anilines is 1. The first kappa shape index (κ1) is 13.6. The lowest BCUT2D eigenvalue weighted by Gasteiger charge is -2.33. The van der Waals surface area contributed by atoms with Crippen molar-refractivity contribution in [2.75, 3.05) is 24.6 Å². The van der Waals surface area contributed by atoms with Crippen molar-refractivity contribution in [1.82, 2.24) is 4.98 Å². The molecular formula is C11H13F3N4O. The summed E-state index contributed by atoms with van der Waals surface area (Å²) < 4.78 is 43.0. The number of rotatable bonds is 2. The quantitative estimate of drug-likeness (QED) is 0.628. The molecule has 1 aromatic heterocycles. The van der Waals surface area contributed by atoms with Gasteiger partial charge in [0, 0.05) is 6.54 Å². The van der Waals surface area contributed by atoms with Crippen molar-refractivity contribution in [3.05, 3.63) is 23.9 Å². The maximum atomic E-state index is 12.6. The van der Waals surface area contributed by atoms with Crippen LogP contribution in [0.3, 0.4) is 0 Å². The lowest BCUT2D eigenvalue weighted by Crippen LogP contribution is -2.48. The highest BCUT2D eigenvalue weighted by Crippen LogP contribution is 2.29. The number of hydrogen-bond donors (Lipinski definition) is 2. The van der Waals surface area contributed by atoms with E-state index < -0.39 is 18.0 Å². The van der Waals surface area contributed by atoms with E-state index in [2.05, 4.69) is 4.98 Å². The fourth-order valence-electron chi connectivity index (χ4n) is 1.80. The number of nitrogens with one attached hydrogen (secondary N) is 1. The SMILES string of the molecule is N=C(N)C1CN(c2cccc(C(F)(F)F)n2)CCO1. The third-order valence-corrected chi connectivity index (χ3v) is 2.76. The summed E-state index contributed by atoms with van der Waals surface area (Å²) in [6.45, 7) is 0.934. The molecule has 1 aliphatic rings. The second-order valence-electron chi connectivity index (χ2n) is 4.14. The Balaban J connectivity index is 2.20. The largest absolute Gasteiger partial charge is 0.433 e. The molecule has 5 nitrogen and oxygen atoms in total. The zero-order valence-electron chi connectivity index (χ0n) is 9.94. The highest BCUT2D eigenvalue weighted by molar-refractivity contribution is 5.82. The number of amidine groups is 1. The van der Waals surface area contributed by atoms with E-state index in [1.807, 2.05) is 0 Å². The van der Waals surface area contributed by atoms with Crippen LogP contribution in [0.25, 0.3) is 0 Å². The lowest BCUT2D eigenvalue weighted by molar-refractivity contribution is -0.141. The van der Waals surface area contributed by atoms with Crippen LogP contribution < -0.4 is 10.6 Å². The molecule has 1 unspecified atom stereocenters. The number of nitrogens with two attached hydrogens (primary N) is 1. The minimum atomic E-state index is -4.47. The topological polar surface area (TPSA) is 75.2 Å². The normalized spacial score (nSPS) is 20.4. The van der Waals surface area contributed by atoms with E-state index in [9.17, 15) is 13.2 Å². The van der Waals surface area contributed by atoms with Crippen LogP contribution in [0.2, 0.25) is 0 Å². The van der Waals surface area contributed by atoms with Gasteiger partial charge in [0.05, 0.1) is 13.2 Å². The van der Waals surface area contributed by atoms with Crippen molar-refractivity contribution >= 4 is 11.7 Å². The van der Waals surface area contributed by atoms with Crippen molar-refractivity contribution in [1.29, 1.82) is 5.41 Å². The number of halogens is 3. The van der Waals surface area contributed by atoms with E-state index in [1.165, 1.54) is 12.1 Å². The van der Waals surface area contributed by atoms with Gasteiger partial charge in [-0.3, -0.25) is 5.41 Å². The summed E-state index contributed by atoms with van der Waals surface area (Å²) in [6.07, 6.45) is -5.08.